The molecule has 36 heavy (non-hydrogen) atoms. The molecule has 0 saturated heterocycles. The molecule has 0 bridgehead atoms. The van der Waals surface area contributed by atoms with Crippen molar-refractivity contribution in [1.82, 2.24) is 0 Å². The third-order valence-corrected chi connectivity index (χ3v) is 8.45. The number of hydrogen-bond donors (Lipinski definition) is 0. The van der Waals surface area contributed by atoms with E-state index in [0.717, 1.165) is 16.6 Å². The Hall–Kier alpha value is -4.27. The summed E-state index contributed by atoms with van der Waals surface area (Å²) in [6.07, 6.45) is 0. The Balaban J connectivity index is 1.43. The zero-order chi connectivity index (χ0) is 23.6. The maximum Gasteiger partial charge on any atom is 0.136 e. The molecule has 0 amide bonds. The summed E-state index contributed by atoms with van der Waals surface area (Å²) in [5.41, 5.74) is 9.41. The standard InChI is InChI=1S/C34H20OS/c1-2-10-22(25-15-8-17-30-33(25)28-12-3-5-16-29(28)35-30)21(9-1)23-19-20-32-34-26(23)13-7-14-27(34)24-11-4-6-18-31(24)36-32/h1-20H. The summed E-state index contributed by atoms with van der Waals surface area (Å²) < 4.78 is 6.21. The van der Waals surface area contributed by atoms with Crippen LogP contribution in [0.4, 0.5) is 0 Å². The first kappa shape index (κ1) is 20.0. The van der Waals surface area contributed by atoms with Gasteiger partial charge in [-0.2, -0.15) is 0 Å². The Kier molecular flexibility index (Phi) is 4.22. The summed E-state index contributed by atoms with van der Waals surface area (Å²) in [4.78, 5) is 2.65. The highest BCUT2D eigenvalue weighted by Crippen LogP contribution is 2.50. The molecule has 0 N–H and O–H groups in total. The van der Waals surface area contributed by atoms with Crippen LogP contribution in [0.1, 0.15) is 0 Å². The van der Waals surface area contributed by atoms with Gasteiger partial charge in [-0.15, -0.1) is 0 Å². The minimum atomic E-state index is 0.924. The van der Waals surface area contributed by atoms with E-state index in [1.807, 2.05) is 23.9 Å². The van der Waals surface area contributed by atoms with Crippen LogP contribution >= 0.6 is 11.8 Å². The van der Waals surface area contributed by atoms with E-state index in [4.69, 9.17) is 4.42 Å². The smallest absolute Gasteiger partial charge is 0.136 e. The van der Waals surface area contributed by atoms with E-state index in [9.17, 15) is 0 Å². The van der Waals surface area contributed by atoms with E-state index in [2.05, 4.69) is 109 Å². The van der Waals surface area contributed by atoms with E-state index in [1.54, 1.807) is 0 Å². The van der Waals surface area contributed by atoms with E-state index in [-0.39, 0.29) is 0 Å². The molecule has 6 aromatic carbocycles. The molecule has 1 aliphatic heterocycles. The molecular weight excluding hydrogens is 456 g/mol. The fourth-order valence-electron chi connectivity index (χ4n) is 5.77. The first-order chi connectivity index (χ1) is 17.9. The molecule has 2 heteroatoms. The van der Waals surface area contributed by atoms with Crippen LogP contribution in [0.5, 0.6) is 0 Å². The molecule has 0 saturated carbocycles. The van der Waals surface area contributed by atoms with Gasteiger partial charge in [0.05, 0.1) is 0 Å². The van der Waals surface area contributed by atoms with Crippen molar-refractivity contribution in [3.05, 3.63) is 121 Å². The number of para-hydroxylation sites is 1. The number of furan rings is 1. The van der Waals surface area contributed by atoms with E-state index in [1.165, 1.54) is 59.3 Å². The Morgan fingerprint density at radius 2 is 0.972 bits per heavy atom. The zero-order valence-corrected chi connectivity index (χ0v) is 20.2. The largest absolute Gasteiger partial charge is 0.456 e. The van der Waals surface area contributed by atoms with Gasteiger partial charge in [-0.25, -0.2) is 0 Å². The minimum absolute atomic E-state index is 0.924. The molecule has 8 rings (SSSR count). The topological polar surface area (TPSA) is 13.1 Å². The third-order valence-electron chi connectivity index (χ3n) is 7.31. The molecule has 1 nitrogen and oxygen atoms in total. The summed E-state index contributed by atoms with van der Waals surface area (Å²) >= 11 is 1.87. The summed E-state index contributed by atoms with van der Waals surface area (Å²) in [5, 5.41) is 4.97. The first-order valence-corrected chi connectivity index (χ1v) is 13.0. The van der Waals surface area contributed by atoms with Crippen molar-refractivity contribution in [2.45, 2.75) is 9.79 Å². The lowest BCUT2D eigenvalue weighted by Gasteiger charge is -2.22. The fraction of sp³-hybridized carbons (Fsp3) is 0. The normalized spacial score (nSPS) is 12.3. The highest BCUT2D eigenvalue weighted by atomic mass is 32.2. The van der Waals surface area contributed by atoms with Crippen molar-refractivity contribution in [1.29, 1.82) is 0 Å². The van der Waals surface area contributed by atoms with E-state index >= 15 is 0 Å². The molecular formula is C34H20OS. The summed E-state index contributed by atoms with van der Waals surface area (Å²) in [6.45, 7) is 0. The van der Waals surface area contributed by atoms with Gasteiger partial charge in [-0.1, -0.05) is 109 Å². The van der Waals surface area contributed by atoms with Crippen LogP contribution in [0.15, 0.2) is 136 Å². The van der Waals surface area contributed by atoms with E-state index < -0.39 is 0 Å². The van der Waals surface area contributed by atoms with Crippen LogP contribution < -0.4 is 0 Å². The molecule has 0 aliphatic carbocycles. The second-order valence-corrected chi connectivity index (χ2v) is 10.3. The lowest BCUT2D eigenvalue weighted by Crippen LogP contribution is -1.94. The van der Waals surface area contributed by atoms with Crippen LogP contribution in [-0.4, -0.2) is 0 Å². The SMILES string of the molecule is c1ccc2c(c1)Sc1ccc(-c3ccccc3-c3cccc4oc5ccccc5c34)c3cccc-2c13. The molecule has 7 aromatic rings. The van der Waals surface area contributed by atoms with Crippen LogP contribution in [0.25, 0.3) is 66.1 Å². The lowest BCUT2D eigenvalue weighted by atomic mass is 9.88. The molecule has 0 spiro atoms. The average Bonchev–Trinajstić information content (AvgIpc) is 3.32. The number of benzene rings is 6. The van der Waals surface area contributed by atoms with Crippen molar-refractivity contribution >= 4 is 44.5 Å². The third kappa shape index (κ3) is 2.79. The van der Waals surface area contributed by atoms with Crippen molar-refractivity contribution in [3.8, 4) is 33.4 Å². The molecule has 2 heterocycles. The minimum Gasteiger partial charge on any atom is -0.456 e. The van der Waals surface area contributed by atoms with Crippen molar-refractivity contribution < 1.29 is 4.42 Å². The molecule has 0 atom stereocenters. The molecule has 0 unspecified atom stereocenters. The Morgan fingerprint density at radius 3 is 1.86 bits per heavy atom. The van der Waals surface area contributed by atoms with Gasteiger partial charge in [0.1, 0.15) is 11.2 Å². The van der Waals surface area contributed by atoms with Gasteiger partial charge in [-0.3, -0.25) is 0 Å². The molecule has 0 fully saturated rings. The van der Waals surface area contributed by atoms with Gasteiger partial charge in [-0.05, 0) is 63.0 Å². The molecule has 1 aromatic heterocycles. The predicted molar refractivity (Wildman–Crippen MR) is 152 cm³/mol. The van der Waals surface area contributed by atoms with Crippen LogP contribution in [0.2, 0.25) is 0 Å². The Labute approximate surface area is 213 Å². The summed E-state index contributed by atoms with van der Waals surface area (Å²) in [6, 6.07) is 43.6. The quantitative estimate of drug-likeness (QED) is 0.246. The van der Waals surface area contributed by atoms with Crippen molar-refractivity contribution in [3.63, 3.8) is 0 Å². The van der Waals surface area contributed by atoms with Gasteiger partial charge in [0, 0.05) is 25.9 Å². The summed E-state index contributed by atoms with van der Waals surface area (Å²) in [5.74, 6) is 0. The molecule has 1 aliphatic rings. The maximum absolute atomic E-state index is 6.21. The van der Waals surface area contributed by atoms with Gasteiger partial charge in [0.15, 0.2) is 0 Å². The van der Waals surface area contributed by atoms with Gasteiger partial charge < -0.3 is 4.42 Å². The average molecular weight is 477 g/mol. The first-order valence-electron chi connectivity index (χ1n) is 12.2. The predicted octanol–water partition coefficient (Wildman–Crippen LogP) is 10.2. The van der Waals surface area contributed by atoms with Gasteiger partial charge in [0.25, 0.3) is 0 Å². The van der Waals surface area contributed by atoms with Crippen molar-refractivity contribution in [2.24, 2.45) is 0 Å². The number of fused-ring (bicyclic) bond motifs is 5. The highest BCUT2D eigenvalue weighted by Gasteiger charge is 2.22. The number of hydrogen-bond acceptors (Lipinski definition) is 2. The summed E-state index contributed by atoms with van der Waals surface area (Å²) in [7, 11) is 0. The Morgan fingerprint density at radius 1 is 0.361 bits per heavy atom. The fourth-order valence-corrected chi connectivity index (χ4v) is 6.90. The van der Waals surface area contributed by atoms with Gasteiger partial charge >= 0.3 is 0 Å². The van der Waals surface area contributed by atoms with Crippen LogP contribution in [0, 0.1) is 0 Å². The second kappa shape index (κ2) is 7.61. The zero-order valence-electron chi connectivity index (χ0n) is 19.4. The van der Waals surface area contributed by atoms with Gasteiger partial charge in [0.2, 0.25) is 0 Å². The van der Waals surface area contributed by atoms with Crippen molar-refractivity contribution in [2.75, 3.05) is 0 Å². The van der Waals surface area contributed by atoms with Crippen LogP contribution in [-0.2, 0) is 0 Å². The monoisotopic (exact) mass is 476 g/mol. The maximum atomic E-state index is 6.21. The highest BCUT2D eigenvalue weighted by molar-refractivity contribution is 7.99. The van der Waals surface area contributed by atoms with Crippen LogP contribution in [0.3, 0.4) is 0 Å². The Bertz CT molecular complexity index is 1980. The lowest BCUT2D eigenvalue weighted by molar-refractivity contribution is 0.669. The van der Waals surface area contributed by atoms with E-state index in [0.29, 0.717) is 0 Å². The number of rotatable bonds is 2. The molecule has 168 valence electrons. The molecule has 0 radical (unpaired) electrons. The second-order valence-electron chi connectivity index (χ2n) is 9.26.